The maximum absolute atomic E-state index is 11.2. The molecule has 0 saturated carbocycles. The Morgan fingerprint density at radius 2 is 2.12 bits per heavy atom. The number of hydrogen-bond donors (Lipinski definition) is 2. The van der Waals surface area contributed by atoms with Gasteiger partial charge >= 0.3 is 11.9 Å². The van der Waals surface area contributed by atoms with Gasteiger partial charge in [-0.25, -0.2) is 4.79 Å². The van der Waals surface area contributed by atoms with E-state index < -0.39 is 30.5 Å². The van der Waals surface area contributed by atoms with E-state index in [0.717, 1.165) is 0 Å². The summed E-state index contributed by atoms with van der Waals surface area (Å²) in [4.78, 5) is 32.5. The van der Waals surface area contributed by atoms with Crippen molar-refractivity contribution in [3.63, 3.8) is 0 Å². The van der Waals surface area contributed by atoms with E-state index in [9.17, 15) is 14.4 Å². The van der Waals surface area contributed by atoms with Crippen LogP contribution in [-0.4, -0.2) is 35.6 Å². The van der Waals surface area contributed by atoms with E-state index in [0.29, 0.717) is 19.3 Å². The van der Waals surface area contributed by atoms with Gasteiger partial charge in [-0.1, -0.05) is 6.08 Å². The highest BCUT2D eigenvalue weighted by Crippen LogP contribution is 2.02. The lowest BCUT2D eigenvalue weighted by atomic mass is 10.1. The summed E-state index contributed by atoms with van der Waals surface area (Å²) in [5, 5.41) is 11.1. The fraction of sp³-hybridized carbons (Fsp3) is 0.545. The highest BCUT2D eigenvalue weighted by molar-refractivity contribution is 5.85. The third-order valence-corrected chi connectivity index (χ3v) is 1.94. The molecule has 0 unspecified atom stereocenters. The number of aliphatic carboxylic acids is 1. The van der Waals surface area contributed by atoms with Crippen LogP contribution in [0.15, 0.2) is 12.7 Å². The molecule has 0 aromatic heterocycles. The minimum atomic E-state index is -1.11. The summed E-state index contributed by atoms with van der Waals surface area (Å²) in [5.74, 6) is -2.31. The predicted molar refractivity (Wildman–Crippen MR) is 60.2 cm³/mol. The largest absolute Gasteiger partial charge is 0.480 e. The van der Waals surface area contributed by atoms with E-state index in [-0.39, 0.29) is 0 Å². The molecule has 0 aromatic carbocycles. The number of amides is 1. The number of allylic oxidation sites excluding steroid dienone is 1. The molecule has 0 aliphatic heterocycles. The first-order chi connectivity index (χ1) is 7.97. The zero-order valence-corrected chi connectivity index (χ0v) is 9.77. The van der Waals surface area contributed by atoms with Crippen molar-refractivity contribution in [3.05, 3.63) is 12.7 Å². The first kappa shape index (κ1) is 15.2. The van der Waals surface area contributed by atoms with Crippen LogP contribution in [0.1, 0.15) is 26.2 Å². The molecule has 6 nitrogen and oxygen atoms in total. The predicted octanol–water partition coefficient (Wildman–Crippen LogP) is 0.475. The van der Waals surface area contributed by atoms with Crippen molar-refractivity contribution in [2.24, 2.45) is 0 Å². The topological polar surface area (TPSA) is 92.7 Å². The lowest BCUT2D eigenvalue weighted by molar-refractivity contribution is -0.148. The van der Waals surface area contributed by atoms with Gasteiger partial charge in [0.25, 0.3) is 5.91 Å². The van der Waals surface area contributed by atoms with E-state index in [1.165, 1.54) is 6.92 Å². The van der Waals surface area contributed by atoms with Crippen LogP contribution in [0, 0.1) is 0 Å². The van der Waals surface area contributed by atoms with E-state index in [2.05, 4.69) is 16.6 Å². The molecule has 2 N–H and O–H groups in total. The van der Waals surface area contributed by atoms with Crippen molar-refractivity contribution in [1.29, 1.82) is 0 Å². The van der Waals surface area contributed by atoms with Crippen LogP contribution in [0.25, 0.3) is 0 Å². The van der Waals surface area contributed by atoms with Gasteiger partial charge in [0.15, 0.2) is 6.61 Å². The number of carbonyl (C=O) groups is 3. The Morgan fingerprint density at radius 3 is 2.59 bits per heavy atom. The molecule has 0 fully saturated rings. The molecular weight excluding hydrogens is 226 g/mol. The van der Waals surface area contributed by atoms with Crippen molar-refractivity contribution >= 4 is 17.8 Å². The quantitative estimate of drug-likeness (QED) is 0.367. The highest BCUT2D eigenvalue weighted by atomic mass is 16.5. The van der Waals surface area contributed by atoms with Gasteiger partial charge in [-0.3, -0.25) is 9.59 Å². The smallest absolute Gasteiger partial charge is 0.326 e. The Kier molecular flexibility index (Phi) is 7.41. The number of hydrogen-bond acceptors (Lipinski definition) is 4. The van der Waals surface area contributed by atoms with Crippen molar-refractivity contribution in [1.82, 2.24) is 5.32 Å². The number of esters is 1. The standard InChI is InChI=1S/C11H17NO5/c1-3-4-5-6-9(11(15)16)12-10(14)7-17-8(2)13/h3,9H,1,4-7H2,2H3,(H,12,14)(H,15,16)/t9-/m1/s1. The molecule has 0 aliphatic rings. The first-order valence-corrected chi connectivity index (χ1v) is 5.23. The maximum atomic E-state index is 11.2. The first-order valence-electron chi connectivity index (χ1n) is 5.23. The number of carboxylic acids is 1. The van der Waals surface area contributed by atoms with Gasteiger partial charge in [0.2, 0.25) is 0 Å². The Labute approximate surface area is 99.6 Å². The van der Waals surface area contributed by atoms with Crippen LogP contribution >= 0.6 is 0 Å². The van der Waals surface area contributed by atoms with E-state index >= 15 is 0 Å². The molecule has 0 radical (unpaired) electrons. The van der Waals surface area contributed by atoms with Crippen molar-refractivity contribution in [2.75, 3.05) is 6.61 Å². The monoisotopic (exact) mass is 243 g/mol. The highest BCUT2D eigenvalue weighted by Gasteiger charge is 2.19. The normalized spacial score (nSPS) is 11.4. The summed E-state index contributed by atoms with van der Waals surface area (Å²) in [6.45, 7) is 4.23. The Balaban J connectivity index is 4.06. The average molecular weight is 243 g/mol. The molecule has 1 amide bonds. The van der Waals surface area contributed by atoms with Gasteiger partial charge in [-0.2, -0.15) is 0 Å². The van der Waals surface area contributed by atoms with Gasteiger partial charge in [0, 0.05) is 6.92 Å². The second-order valence-electron chi connectivity index (χ2n) is 3.46. The summed E-state index contributed by atoms with van der Waals surface area (Å²) in [6, 6.07) is -0.960. The zero-order chi connectivity index (χ0) is 13.3. The fourth-order valence-corrected chi connectivity index (χ4v) is 1.13. The van der Waals surface area contributed by atoms with Gasteiger partial charge in [-0.15, -0.1) is 6.58 Å². The van der Waals surface area contributed by atoms with Crippen LogP contribution in [0.2, 0.25) is 0 Å². The molecule has 0 saturated heterocycles. The number of rotatable bonds is 8. The van der Waals surface area contributed by atoms with Gasteiger partial charge in [0.1, 0.15) is 6.04 Å². The summed E-state index contributed by atoms with van der Waals surface area (Å²) < 4.78 is 4.45. The summed E-state index contributed by atoms with van der Waals surface area (Å²) >= 11 is 0. The molecule has 6 heteroatoms. The SMILES string of the molecule is C=CCCC[C@@H](NC(=O)COC(C)=O)C(=O)O. The maximum Gasteiger partial charge on any atom is 0.326 e. The van der Waals surface area contributed by atoms with Crippen LogP contribution in [-0.2, 0) is 19.1 Å². The molecular formula is C11H17NO5. The van der Waals surface area contributed by atoms with E-state index in [1.807, 2.05) is 0 Å². The van der Waals surface area contributed by atoms with Crippen LogP contribution in [0.4, 0.5) is 0 Å². The molecule has 17 heavy (non-hydrogen) atoms. The van der Waals surface area contributed by atoms with Gasteiger partial charge in [0.05, 0.1) is 0 Å². The van der Waals surface area contributed by atoms with Gasteiger partial charge in [-0.05, 0) is 19.3 Å². The molecule has 0 aromatic rings. The second-order valence-corrected chi connectivity index (χ2v) is 3.46. The van der Waals surface area contributed by atoms with Crippen molar-refractivity contribution in [3.8, 4) is 0 Å². The molecule has 0 spiro atoms. The third-order valence-electron chi connectivity index (χ3n) is 1.94. The minimum absolute atomic E-state index is 0.313. The number of ether oxygens (including phenoxy) is 1. The van der Waals surface area contributed by atoms with Crippen molar-refractivity contribution in [2.45, 2.75) is 32.2 Å². The average Bonchev–Trinajstić information content (AvgIpc) is 2.25. The van der Waals surface area contributed by atoms with Gasteiger partial charge < -0.3 is 15.2 Å². The number of unbranched alkanes of at least 4 members (excludes halogenated alkanes) is 1. The lowest BCUT2D eigenvalue weighted by Crippen LogP contribution is -2.42. The molecule has 0 bridgehead atoms. The molecule has 1 atom stereocenters. The second kappa shape index (κ2) is 8.32. The molecule has 0 heterocycles. The Hall–Kier alpha value is -1.85. The number of carboxylic acid groups (broad SMARTS) is 1. The van der Waals surface area contributed by atoms with E-state index in [4.69, 9.17) is 5.11 Å². The fourth-order valence-electron chi connectivity index (χ4n) is 1.13. The summed E-state index contributed by atoms with van der Waals surface area (Å²) in [7, 11) is 0. The minimum Gasteiger partial charge on any atom is -0.480 e. The van der Waals surface area contributed by atoms with Crippen LogP contribution < -0.4 is 5.32 Å². The third kappa shape index (κ3) is 8.01. The summed E-state index contributed by atoms with van der Waals surface area (Å²) in [5.41, 5.74) is 0. The zero-order valence-electron chi connectivity index (χ0n) is 9.77. The van der Waals surface area contributed by atoms with E-state index in [1.54, 1.807) is 6.08 Å². The van der Waals surface area contributed by atoms with Crippen LogP contribution in [0.5, 0.6) is 0 Å². The molecule has 96 valence electrons. The molecule has 0 rings (SSSR count). The molecule has 0 aliphatic carbocycles. The van der Waals surface area contributed by atoms with Crippen LogP contribution in [0.3, 0.4) is 0 Å². The van der Waals surface area contributed by atoms with Crippen molar-refractivity contribution < 1.29 is 24.2 Å². The number of carbonyl (C=O) groups excluding carboxylic acids is 2. The number of nitrogens with one attached hydrogen (secondary N) is 1. The summed E-state index contributed by atoms with van der Waals surface area (Å²) in [6.07, 6.45) is 3.30. The Bertz CT molecular complexity index is 300. The Morgan fingerprint density at radius 1 is 1.47 bits per heavy atom. The lowest BCUT2D eigenvalue weighted by Gasteiger charge is -2.13.